The second-order valence-corrected chi connectivity index (χ2v) is 7.30. The van der Waals surface area contributed by atoms with E-state index in [1.165, 1.54) is 15.7 Å². The number of nitrogens with two attached hydrogens (primary N) is 1. The molecule has 8 nitrogen and oxygen atoms in total. The maximum Gasteiger partial charge on any atom is 0.330 e. The Morgan fingerprint density at radius 2 is 1.97 bits per heavy atom. The number of anilines is 2. The van der Waals surface area contributed by atoms with E-state index >= 15 is 0 Å². The SMILES string of the molecule is CCCCn1c(N)c(N(Cc2ccco2)C(=O)Cc2ccc(Cl)cc2)c(=O)[nH]c1=O. The molecule has 0 atom stereocenters. The van der Waals surface area contributed by atoms with Gasteiger partial charge in [0.05, 0.1) is 19.2 Å². The first-order valence-electron chi connectivity index (χ1n) is 9.60. The summed E-state index contributed by atoms with van der Waals surface area (Å²) < 4.78 is 6.65. The van der Waals surface area contributed by atoms with Crippen LogP contribution in [0.15, 0.2) is 56.7 Å². The van der Waals surface area contributed by atoms with Crippen molar-refractivity contribution in [1.29, 1.82) is 0 Å². The average molecular weight is 431 g/mol. The number of furan rings is 1. The van der Waals surface area contributed by atoms with Gasteiger partial charge in [-0.25, -0.2) is 4.79 Å². The molecular formula is C21H23ClN4O4. The number of amides is 1. The molecule has 0 saturated carbocycles. The number of carbonyl (C=O) groups is 1. The number of hydrogen-bond acceptors (Lipinski definition) is 5. The van der Waals surface area contributed by atoms with Crippen LogP contribution in [0, 0.1) is 0 Å². The molecule has 30 heavy (non-hydrogen) atoms. The zero-order chi connectivity index (χ0) is 21.7. The van der Waals surface area contributed by atoms with E-state index in [-0.39, 0.29) is 30.4 Å². The number of carbonyl (C=O) groups excluding carboxylic acids is 1. The minimum Gasteiger partial charge on any atom is -0.467 e. The molecule has 0 radical (unpaired) electrons. The fraction of sp³-hybridized carbons (Fsp3) is 0.286. The van der Waals surface area contributed by atoms with Crippen LogP contribution >= 0.6 is 11.6 Å². The topological polar surface area (TPSA) is 114 Å². The van der Waals surface area contributed by atoms with Gasteiger partial charge in [0.1, 0.15) is 11.6 Å². The molecule has 9 heteroatoms. The van der Waals surface area contributed by atoms with Crippen LogP contribution in [0.3, 0.4) is 0 Å². The van der Waals surface area contributed by atoms with Crippen LogP contribution in [0.4, 0.5) is 11.5 Å². The zero-order valence-corrected chi connectivity index (χ0v) is 17.3. The second-order valence-electron chi connectivity index (χ2n) is 6.86. The number of nitrogen functional groups attached to an aromatic ring is 1. The van der Waals surface area contributed by atoms with Crippen LogP contribution in [0.1, 0.15) is 31.1 Å². The summed E-state index contributed by atoms with van der Waals surface area (Å²) in [4.78, 5) is 41.6. The highest BCUT2D eigenvalue weighted by atomic mass is 35.5. The van der Waals surface area contributed by atoms with E-state index < -0.39 is 11.2 Å². The molecule has 0 unspecified atom stereocenters. The van der Waals surface area contributed by atoms with E-state index in [2.05, 4.69) is 4.98 Å². The van der Waals surface area contributed by atoms with Gasteiger partial charge in [-0.05, 0) is 36.2 Å². The van der Waals surface area contributed by atoms with Crippen molar-refractivity contribution in [3.63, 3.8) is 0 Å². The third-order valence-corrected chi connectivity index (χ3v) is 4.93. The number of aromatic nitrogens is 2. The van der Waals surface area contributed by atoms with Crippen LogP contribution in [0.25, 0.3) is 0 Å². The normalized spacial score (nSPS) is 10.9. The molecule has 1 aromatic carbocycles. The number of hydrogen-bond donors (Lipinski definition) is 2. The minimum absolute atomic E-state index is 0.00130. The molecule has 1 amide bonds. The Labute approximate surface area is 177 Å². The monoisotopic (exact) mass is 430 g/mol. The number of aromatic amines is 1. The van der Waals surface area contributed by atoms with Crippen molar-refractivity contribution in [2.75, 3.05) is 10.6 Å². The number of benzene rings is 1. The smallest absolute Gasteiger partial charge is 0.330 e. The van der Waals surface area contributed by atoms with E-state index in [0.717, 1.165) is 12.0 Å². The standard InChI is InChI=1S/C21H23ClN4O4/c1-2-3-10-25-19(23)18(20(28)24-21(25)29)26(13-16-5-4-11-30-16)17(27)12-14-6-8-15(22)9-7-14/h4-9,11H,2-3,10,12-13,23H2,1H3,(H,24,28,29). The van der Waals surface area contributed by atoms with E-state index in [0.29, 0.717) is 23.7 Å². The lowest BCUT2D eigenvalue weighted by Crippen LogP contribution is -2.41. The van der Waals surface area contributed by atoms with Crippen molar-refractivity contribution in [2.45, 2.75) is 39.3 Å². The average Bonchev–Trinajstić information content (AvgIpc) is 3.22. The molecule has 2 aromatic heterocycles. The number of nitrogens with one attached hydrogen (secondary N) is 1. The highest BCUT2D eigenvalue weighted by Gasteiger charge is 2.25. The predicted octanol–water partition coefficient (Wildman–Crippen LogP) is 2.94. The summed E-state index contributed by atoms with van der Waals surface area (Å²) in [6, 6.07) is 10.2. The number of unbranched alkanes of at least 4 members (excludes halogenated alkanes) is 1. The van der Waals surface area contributed by atoms with Crippen molar-refractivity contribution in [3.8, 4) is 0 Å². The fourth-order valence-electron chi connectivity index (χ4n) is 3.10. The summed E-state index contributed by atoms with van der Waals surface area (Å²) in [6.45, 7) is 2.32. The van der Waals surface area contributed by atoms with Gasteiger partial charge in [-0.15, -0.1) is 0 Å². The van der Waals surface area contributed by atoms with Gasteiger partial charge in [-0.1, -0.05) is 37.1 Å². The minimum atomic E-state index is -0.721. The Balaban J connectivity index is 2.03. The first kappa shape index (κ1) is 21.4. The molecule has 0 aliphatic heterocycles. The Kier molecular flexibility index (Phi) is 6.79. The summed E-state index contributed by atoms with van der Waals surface area (Å²) >= 11 is 5.91. The van der Waals surface area contributed by atoms with Crippen molar-refractivity contribution >= 4 is 29.0 Å². The van der Waals surface area contributed by atoms with Gasteiger partial charge < -0.3 is 10.2 Å². The third-order valence-electron chi connectivity index (χ3n) is 4.68. The zero-order valence-electron chi connectivity index (χ0n) is 16.6. The quantitative estimate of drug-likeness (QED) is 0.570. The van der Waals surface area contributed by atoms with Crippen molar-refractivity contribution < 1.29 is 9.21 Å². The van der Waals surface area contributed by atoms with Gasteiger partial charge >= 0.3 is 5.69 Å². The Morgan fingerprint density at radius 1 is 1.23 bits per heavy atom. The summed E-state index contributed by atoms with van der Waals surface area (Å²) in [5, 5.41) is 0.558. The number of rotatable bonds is 8. The molecule has 0 saturated heterocycles. The third kappa shape index (κ3) is 4.83. The van der Waals surface area contributed by atoms with E-state index in [1.807, 2.05) is 6.92 Å². The summed E-state index contributed by atoms with van der Waals surface area (Å²) in [5.74, 6) is 0.0596. The lowest BCUT2D eigenvalue weighted by molar-refractivity contribution is -0.118. The molecule has 3 N–H and O–H groups in total. The van der Waals surface area contributed by atoms with Crippen LogP contribution < -0.4 is 21.9 Å². The van der Waals surface area contributed by atoms with Crippen molar-refractivity contribution in [3.05, 3.63) is 79.8 Å². The highest BCUT2D eigenvalue weighted by molar-refractivity contribution is 6.30. The second kappa shape index (κ2) is 9.49. The molecule has 2 heterocycles. The van der Waals surface area contributed by atoms with Crippen LogP contribution in [0.5, 0.6) is 0 Å². The highest BCUT2D eigenvalue weighted by Crippen LogP contribution is 2.22. The number of nitrogens with zero attached hydrogens (tertiary/aromatic N) is 2. The van der Waals surface area contributed by atoms with Gasteiger partial charge in [0.25, 0.3) is 5.56 Å². The summed E-state index contributed by atoms with van der Waals surface area (Å²) in [6.07, 6.45) is 3.04. The molecule has 0 bridgehead atoms. The molecule has 0 aliphatic rings. The predicted molar refractivity (Wildman–Crippen MR) is 116 cm³/mol. The van der Waals surface area contributed by atoms with Gasteiger partial charge in [-0.2, -0.15) is 0 Å². The molecule has 158 valence electrons. The first-order chi connectivity index (χ1) is 14.4. The largest absolute Gasteiger partial charge is 0.467 e. The van der Waals surface area contributed by atoms with E-state index in [1.54, 1.807) is 36.4 Å². The molecule has 0 spiro atoms. The summed E-state index contributed by atoms with van der Waals surface area (Å²) in [5.41, 5.74) is 5.54. The lowest BCUT2D eigenvalue weighted by Gasteiger charge is -2.24. The van der Waals surface area contributed by atoms with E-state index in [4.69, 9.17) is 21.8 Å². The molecule has 0 aliphatic carbocycles. The van der Waals surface area contributed by atoms with Crippen LogP contribution in [-0.4, -0.2) is 15.5 Å². The van der Waals surface area contributed by atoms with Gasteiger partial charge in [0.2, 0.25) is 5.91 Å². The van der Waals surface area contributed by atoms with Crippen molar-refractivity contribution in [1.82, 2.24) is 9.55 Å². The Bertz CT molecular complexity index is 1120. The molecular weight excluding hydrogens is 408 g/mol. The number of H-pyrrole nitrogens is 1. The molecule has 0 fully saturated rings. The maximum absolute atomic E-state index is 13.2. The Hall–Kier alpha value is -3.26. The van der Waals surface area contributed by atoms with Crippen molar-refractivity contribution in [2.24, 2.45) is 0 Å². The fourth-order valence-corrected chi connectivity index (χ4v) is 3.23. The Morgan fingerprint density at radius 3 is 2.60 bits per heavy atom. The first-order valence-corrected chi connectivity index (χ1v) is 9.98. The van der Waals surface area contributed by atoms with Crippen LogP contribution in [0.2, 0.25) is 5.02 Å². The van der Waals surface area contributed by atoms with E-state index in [9.17, 15) is 14.4 Å². The molecule has 3 rings (SSSR count). The lowest BCUT2D eigenvalue weighted by atomic mass is 10.1. The van der Waals surface area contributed by atoms with Crippen LogP contribution in [-0.2, 0) is 24.3 Å². The van der Waals surface area contributed by atoms with Gasteiger partial charge in [0, 0.05) is 11.6 Å². The number of halogens is 1. The summed E-state index contributed by atoms with van der Waals surface area (Å²) in [7, 11) is 0. The van der Waals surface area contributed by atoms with Gasteiger partial charge in [-0.3, -0.25) is 24.0 Å². The van der Waals surface area contributed by atoms with Gasteiger partial charge in [0.15, 0.2) is 5.69 Å². The maximum atomic E-state index is 13.2. The molecule has 3 aromatic rings.